The molecule has 21 heavy (non-hydrogen) atoms. The molecular formula is C17H23N3O. The molecule has 1 aliphatic rings. The second-order valence-corrected chi connectivity index (χ2v) is 5.58. The molecule has 0 aliphatic heterocycles. The summed E-state index contributed by atoms with van der Waals surface area (Å²) in [5.74, 6) is 1.08. The SMILES string of the molecule is CCn1ccnc1CN(CCO)C1CCc2ccccc21. The van der Waals surface area contributed by atoms with Crippen molar-refractivity contribution in [3.8, 4) is 0 Å². The monoisotopic (exact) mass is 285 g/mol. The molecule has 1 unspecified atom stereocenters. The Hall–Kier alpha value is -1.65. The molecule has 4 nitrogen and oxygen atoms in total. The summed E-state index contributed by atoms with van der Waals surface area (Å²) in [6.45, 7) is 4.73. The van der Waals surface area contributed by atoms with Crippen molar-refractivity contribution in [1.82, 2.24) is 14.5 Å². The molecule has 4 heteroatoms. The highest BCUT2D eigenvalue weighted by atomic mass is 16.3. The largest absolute Gasteiger partial charge is 0.395 e. The molecule has 3 rings (SSSR count). The summed E-state index contributed by atoms with van der Waals surface area (Å²) in [6, 6.07) is 9.07. The lowest BCUT2D eigenvalue weighted by atomic mass is 10.1. The van der Waals surface area contributed by atoms with Gasteiger partial charge in [-0.2, -0.15) is 0 Å². The lowest BCUT2D eigenvalue weighted by Gasteiger charge is -2.28. The Labute approximate surface area is 126 Å². The van der Waals surface area contributed by atoms with Crippen LogP contribution in [-0.4, -0.2) is 32.7 Å². The van der Waals surface area contributed by atoms with Gasteiger partial charge in [0.15, 0.2) is 0 Å². The van der Waals surface area contributed by atoms with Gasteiger partial charge < -0.3 is 9.67 Å². The van der Waals surface area contributed by atoms with Crippen LogP contribution in [0.2, 0.25) is 0 Å². The zero-order valence-corrected chi connectivity index (χ0v) is 12.6. The summed E-state index contributed by atoms with van der Waals surface area (Å²) < 4.78 is 2.17. The molecule has 0 amide bonds. The minimum absolute atomic E-state index is 0.186. The number of aryl methyl sites for hydroxylation is 2. The Balaban J connectivity index is 1.82. The fraction of sp³-hybridized carbons (Fsp3) is 0.471. The fourth-order valence-electron chi connectivity index (χ4n) is 3.35. The number of fused-ring (bicyclic) bond motifs is 1. The predicted octanol–water partition coefficient (Wildman–Crippen LogP) is 2.38. The number of aliphatic hydroxyl groups excluding tert-OH is 1. The number of aliphatic hydroxyl groups is 1. The summed E-state index contributed by atoms with van der Waals surface area (Å²) in [7, 11) is 0. The normalized spacial score (nSPS) is 17.4. The standard InChI is InChI=1S/C17H23N3O/c1-2-19-10-9-18-17(19)13-20(11-12-21)16-8-7-14-5-3-4-6-15(14)16/h3-6,9-10,16,21H,2,7-8,11-13H2,1H3. The maximum Gasteiger partial charge on any atom is 0.122 e. The summed E-state index contributed by atoms with van der Waals surface area (Å²) >= 11 is 0. The van der Waals surface area contributed by atoms with E-state index in [1.807, 2.05) is 12.4 Å². The number of imidazole rings is 1. The average Bonchev–Trinajstić information content (AvgIpc) is 3.12. The van der Waals surface area contributed by atoms with Crippen molar-refractivity contribution in [3.63, 3.8) is 0 Å². The Morgan fingerprint density at radius 3 is 3.05 bits per heavy atom. The molecule has 0 saturated carbocycles. The van der Waals surface area contributed by atoms with E-state index < -0.39 is 0 Å². The Morgan fingerprint density at radius 1 is 1.38 bits per heavy atom. The average molecular weight is 285 g/mol. The van der Waals surface area contributed by atoms with Crippen LogP contribution in [0.4, 0.5) is 0 Å². The second kappa shape index (κ2) is 6.41. The highest BCUT2D eigenvalue weighted by Crippen LogP contribution is 2.36. The third-order valence-corrected chi connectivity index (χ3v) is 4.42. The lowest BCUT2D eigenvalue weighted by molar-refractivity contribution is 0.138. The highest BCUT2D eigenvalue weighted by Gasteiger charge is 2.28. The minimum Gasteiger partial charge on any atom is -0.395 e. The highest BCUT2D eigenvalue weighted by molar-refractivity contribution is 5.34. The van der Waals surface area contributed by atoms with Gasteiger partial charge in [-0.1, -0.05) is 24.3 Å². The molecule has 1 aromatic carbocycles. The molecule has 0 bridgehead atoms. The first-order valence-corrected chi connectivity index (χ1v) is 7.76. The van der Waals surface area contributed by atoms with E-state index in [1.54, 1.807) is 0 Å². The van der Waals surface area contributed by atoms with Gasteiger partial charge in [-0.25, -0.2) is 4.98 Å². The van der Waals surface area contributed by atoms with Crippen molar-refractivity contribution >= 4 is 0 Å². The van der Waals surface area contributed by atoms with Gasteiger partial charge in [0.05, 0.1) is 13.2 Å². The number of rotatable bonds is 6. The number of hydrogen-bond donors (Lipinski definition) is 1. The first kappa shape index (κ1) is 14.3. The van der Waals surface area contributed by atoms with E-state index in [-0.39, 0.29) is 6.61 Å². The molecule has 0 radical (unpaired) electrons. The summed E-state index contributed by atoms with van der Waals surface area (Å²) in [4.78, 5) is 6.84. The number of benzene rings is 1. The Bertz CT molecular complexity index is 593. The van der Waals surface area contributed by atoms with E-state index in [9.17, 15) is 5.11 Å². The number of aromatic nitrogens is 2. The first-order chi connectivity index (χ1) is 10.3. The molecule has 1 N–H and O–H groups in total. The molecule has 1 aromatic heterocycles. The van der Waals surface area contributed by atoms with Crippen molar-refractivity contribution in [1.29, 1.82) is 0 Å². The smallest absolute Gasteiger partial charge is 0.122 e. The van der Waals surface area contributed by atoms with Crippen LogP contribution < -0.4 is 0 Å². The number of hydrogen-bond acceptors (Lipinski definition) is 3. The van der Waals surface area contributed by atoms with Gasteiger partial charge in [-0.3, -0.25) is 4.90 Å². The molecule has 0 fully saturated rings. The van der Waals surface area contributed by atoms with Gasteiger partial charge in [-0.05, 0) is 30.9 Å². The summed E-state index contributed by atoms with van der Waals surface area (Å²) in [6.07, 6.45) is 6.14. The van der Waals surface area contributed by atoms with Crippen molar-refractivity contribution in [2.24, 2.45) is 0 Å². The van der Waals surface area contributed by atoms with Crippen LogP contribution in [0.25, 0.3) is 0 Å². The van der Waals surface area contributed by atoms with Gasteiger partial charge in [0.1, 0.15) is 5.82 Å². The molecular weight excluding hydrogens is 262 g/mol. The zero-order valence-electron chi connectivity index (χ0n) is 12.6. The lowest BCUT2D eigenvalue weighted by Crippen LogP contribution is -2.31. The molecule has 112 valence electrons. The predicted molar refractivity (Wildman–Crippen MR) is 82.9 cm³/mol. The first-order valence-electron chi connectivity index (χ1n) is 7.76. The number of nitrogens with zero attached hydrogens (tertiary/aromatic N) is 3. The fourth-order valence-corrected chi connectivity index (χ4v) is 3.35. The summed E-state index contributed by atoms with van der Waals surface area (Å²) in [5, 5.41) is 9.43. The van der Waals surface area contributed by atoms with Gasteiger partial charge in [0.25, 0.3) is 0 Å². The van der Waals surface area contributed by atoms with Crippen LogP contribution in [0.3, 0.4) is 0 Å². The molecule has 0 spiro atoms. The van der Waals surface area contributed by atoms with Crippen LogP contribution in [-0.2, 0) is 19.5 Å². The van der Waals surface area contributed by atoms with Crippen LogP contribution in [0.1, 0.15) is 36.3 Å². The maximum absolute atomic E-state index is 9.43. The zero-order chi connectivity index (χ0) is 14.7. The molecule has 1 atom stereocenters. The van der Waals surface area contributed by atoms with Crippen LogP contribution in [0.15, 0.2) is 36.7 Å². The van der Waals surface area contributed by atoms with Crippen LogP contribution >= 0.6 is 0 Å². The maximum atomic E-state index is 9.43. The van der Waals surface area contributed by atoms with Crippen LogP contribution in [0.5, 0.6) is 0 Å². The molecule has 0 saturated heterocycles. The third-order valence-electron chi connectivity index (χ3n) is 4.42. The van der Waals surface area contributed by atoms with Gasteiger partial charge >= 0.3 is 0 Å². The quantitative estimate of drug-likeness (QED) is 0.886. The molecule has 1 heterocycles. The van der Waals surface area contributed by atoms with Crippen molar-refractivity contribution in [3.05, 3.63) is 53.6 Å². The molecule has 2 aromatic rings. The van der Waals surface area contributed by atoms with Gasteiger partial charge in [0, 0.05) is 31.5 Å². The van der Waals surface area contributed by atoms with E-state index in [2.05, 4.69) is 45.6 Å². The van der Waals surface area contributed by atoms with Crippen molar-refractivity contribution in [2.45, 2.75) is 38.9 Å². The topological polar surface area (TPSA) is 41.3 Å². The van der Waals surface area contributed by atoms with E-state index in [0.717, 1.165) is 31.8 Å². The van der Waals surface area contributed by atoms with Gasteiger partial charge in [0.2, 0.25) is 0 Å². The third kappa shape index (κ3) is 2.87. The van der Waals surface area contributed by atoms with Gasteiger partial charge in [-0.15, -0.1) is 0 Å². The van der Waals surface area contributed by atoms with E-state index >= 15 is 0 Å². The Morgan fingerprint density at radius 2 is 2.24 bits per heavy atom. The second-order valence-electron chi connectivity index (χ2n) is 5.58. The Kier molecular flexibility index (Phi) is 4.36. The van der Waals surface area contributed by atoms with Crippen molar-refractivity contribution < 1.29 is 5.11 Å². The minimum atomic E-state index is 0.186. The van der Waals surface area contributed by atoms with E-state index in [4.69, 9.17) is 0 Å². The van der Waals surface area contributed by atoms with E-state index in [0.29, 0.717) is 12.6 Å². The van der Waals surface area contributed by atoms with Crippen LogP contribution in [0, 0.1) is 0 Å². The molecule has 1 aliphatic carbocycles. The summed E-state index contributed by atoms with van der Waals surface area (Å²) in [5.41, 5.74) is 2.87. The van der Waals surface area contributed by atoms with Crippen molar-refractivity contribution in [2.75, 3.05) is 13.2 Å². The van der Waals surface area contributed by atoms with E-state index in [1.165, 1.54) is 11.1 Å².